The molecule has 0 spiro atoms. The first-order chi connectivity index (χ1) is 25.5. The first-order valence-corrected chi connectivity index (χ1v) is 17.3. The van der Waals surface area contributed by atoms with E-state index in [1.807, 2.05) is 42.5 Å². The van der Waals surface area contributed by atoms with Crippen LogP contribution in [-0.4, -0.2) is 21.0 Å². The highest BCUT2D eigenvalue weighted by atomic mass is 35.5. The Labute approximate surface area is 306 Å². The first-order valence-electron chi connectivity index (χ1n) is 16.9. The van der Waals surface area contributed by atoms with Crippen molar-refractivity contribution in [3.63, 3.8) is 0 Å². The van der Waals surface area contributed by atoms with Gasteiger partial charge in [0.2, 0.25) is 0 Å². The van der Waals surface area contributed by atoms with Gasteiger partial charge in [-0.1, -0.05) is 103 Å². The molecule has 0 saturated carbocycles. The molecule has 7 heteroatoms. The van der Waals surface area contributed by atoms with Crippen LogP contribution >= 0.6 is 11.6 Å². The van der Waals surface area contributed by atoms with Crippen LogP contribution in [0.3, 0.4) is 0 Å². The molecule has 8 rings (SSSR count). The van der Waals surface area contributed by atoms with Gasteiger partial charge in [0.05, 0.1) is 11.1 Å². The third-order valence-electron chi connectivity index (χ3n) is 9.08. The Morgan fingerprint density at radius 2 is 1.02 bits per heavy atom. The monoisotopic (exact) mass is 700 g/mol. The SMILES string of the molecule is Fc1ccc(-c2nc(-c3ccc(F)cc3)nc(-c3ccc(N(c4ccc(-c5ccccc5)cc4)C4C=CC(c5ccccc5)=CC4)cc3Cl)n2)cc1. The fourth-order valence-electron chi connectivity index (χ4n) is 6.41. The van der Waals surface area contributed by atoms with E-state index in [4.69, 9.17) is 21.6 Å². The van der Waals surface area contributed by atoms with Crippen LogP contribution < -0.4 is 4.90 Å². The first kappa shape index (κ1) is 32.9. The van der Waals surface area contributed by atoms with E-state index in [2.05, 4.69) is 88.8 Å². The molecule has 0 radical (unpaired) electrons. The Balaban J connectivity index is 1.19. The van der Waals surface area contributed by atoms with Gasteiger partial charge >= 0.3 is 0 Å². The van der Waals surface area contributed by atoms with Crippen molar-refractivity contribution >= 4 is 28.5 Å². The number of anilines is 2. The maximum absolute atomic E-state index is 13.8. The molecule has 0 bridgehead atoms. The summed E-state index contributed by atoms with van der Waals surface area (Å²) in [5.41, 5.74) is 8.39. The number of hydrogen-bond donors (Lipinski definition) is 0. The molecule has 1 unspecified atom stereocenters. The Morgan fingerprint density at radius 1 is 0.519 bits per heavy atom. The van der Waals surface area contributed by atoms with Gasteiger partial charge in [-0.3, -0.25) is 0 Å². The van der Waals surface area contributed by atoms with E-state index in [9.17, 15) is 8.78 Å². The third-order valence-corrected chi connectivity index (χ3v) is 9.39. The van der Waals surface area contributed by atoms with Gasteiger partial charge in [-0.2, -0.15) is 0 Å². The fourth-order valence-corrected chi connectivity index (χ4v) is 6.67. The van der Waals surface area contributed by atoms with Gasteiger partial charge in [0.15, 0.2) is 17.5 Å². The highest BCUT2D eigenvalue weighted by Gasteiger charge is 2.23. The summed E-state index contributed by atoms with van der Waals surface area (Å²) in [6.45, 7) is 0. The maximum Gasteiger partial charge on any atom is 0.165 e. The van der Waals surface area contributed by atoms with E-state index in [0.717, 1.165) is 28.9 Å². The molecule has 1 heterocycles. The van der Waals surface area contributed by atoms with Crippen LogP contribution in [0.1, 0.15) is 12.0 Å². The van der Waals surface area contributed by atoms with Crippen molar-refractivity contribution in [3.05, 3.63) is 192 Å². The number of aromatic nitrogens is 3. The minimum atomic E-state index is -0.366. The Bertz CT molecular complexity index is 2330. The highest BCUT2D eigenvalue weighted by molar-refractivity contribution is 6.33. The summed E-state index contributed by atoms with van der Waals surface area (Å²) in [5.74, 6) is 0.302. The number of allylic oxidation sites excluding steroid dienone is 2. The topological polar surface area (TPSA) is 41.9 Å². The van der Waals surface area contributed by atoms with Gasteiger partial charge in [0.25, 0.3) is 0 Å². The minimum Gasteiger partial charge on any atom is -0.334 e. The summed E-state index contributed by atoms with van der Waals surface area (Å²) >= 11 is 7.12. The normalized spacial score (nSPS) is 13.8. The average Bonchev–Trinajstić information content (AvgIpc) is 3.20. The van der Waals surface area contributed by atoms with E-state index < -0.39 is 0 Å². The lowest BCUT2D eigenvalue weighted by atomic mass is 9.95. The Morgan fingerprint density at radius 3 is 1.56 bits per heavy atom. The van der Waals surface area contributed by atoms with Gasteiger partial charge in [-0.25, -0.2) is 23.7 Å². The molecule has 1 atom stereocenters. The van der Waals surface area contributed by atoms with Crippen LogP contribution in [0.5, 0.6) is 0 Å². The van der Waals surface area contributed by atoms with Crippen LogP contribution in [0.25, 0.3) is 50.9 Å². The zero-order valence-electron chi connectivity index (χ0n) is 27.9. The van der Waals surface area contributed by atoms with Crippen molar-refractivity contribution in [2.24, 2.45) is 0 Å². The molecule has 4 nitrogen and oxygen atoms in total. The second kappa shape index (κ2) is 14.5. The standard InChI is InChI=1S/C45H31ClF2N4/c46-42-29-40(27-28-41(42)45-50-43(34-11-19-36(47)20-12-34)49-44(51-45)35-13-21-37(48)22-14-35)52(38-23-15-32(16-24-38)30-7-3-1-4-8-30)39-25-17-33(18-26-39)31-9-5-2-6-10-31/h1-25,27-29,39H,26H2. The Hall–Kier alpha value is -6.24. The quantitative estimate of drug-likeness (QED) is 0.158. The van der Waals surface area contributed by atoms with E-state index in [0.29, 0.717) is 39.2 Å². The molecular formula is C45H31ClF2N4. The van der Waals surface area contributed by atoms with Crippen LogP contribution in [-0.2, 0) is 0 Å². The van der Waals surface area contributed by atoms with Gasteiger partial charge in [-0.05, 0) is 108 Å². The third kappa shape index (κ3) is 7.02. The van der Waals surface area contributed by atoms with Crippen LogP contribution in [0.2, 0.25) is 5.02 Å². The van der Waals surface area contributed by atoms with Crippen molar-refractivity contribution in [2.45, 2.75) is 12.5 Å². The van der Waals surface area contributed by atoms with Gasteiger partial charge in [-0.15, -0.1) is 0 Å². The summed E-state index contributed by atoms with van der Waals surface area (Å²) in [6, 6.07) is 47.1. The molecule has 1 aliphatic rings. The minimum absolute atomic E-state index is 0.0179. The van der Waals surface area contributed by atoms with Crippen molar-refractivity contribution in [1.29, 1.82) is 0 Å². The van der Waals surface area contributed by atoms with E-state index in [-0.39, 0.29) is 17.7 Å². The van der Waals surface area contributed by atoms with Gasteiger partial charge in [0.1, 0.15) is 11.6 Å². The molecule has 7 aromatic rings. The van der Waals surface area contributed by atoms with E-state index in [1.165, 1.54) is 35.4 Å². The molecule has 252 valence electrons. The van der Waals surface area contributed by atoms with Crippen LogP contribution in [0.4, 0.5) is 20.2 Å². The van der Waals surface area contributed by atoms with Gasteiger partial charge < -0.3 is 4.90 Å². The smallest absolute Gasteiger partial charge is 0.165 e. The molecular weight excluding hydrogens is 670 g/mol. The molecule has 1 aromatic heterocycles. The zero-order valence-corrected chi connectivity index (χ0v) is 28.6. The maximum atomic E-state index is 13.8. The number of nitrogens with zero attached hydrogens (tertiary/aromatic N) is 4. The lowest BCUT2D eigenvalue weighted by molar-refractivity contribution is 0.627. The summed E-state index contributed by atoms with van der Waals surface area (Å²) in [4.78, 5) is 16.5. The number of benzene rings is 6. The Kier molecular flexibility index (Phi) is 9.21. The molecule has 0 N–H and O–H groups in total. The molecule has 0 saturated heterocycles. The molecule has 52 heavy (non-hydrogen) atoms. The summed E-state index contributed by atoms with van der Waals surface area (Å²) in [5, 5.41) is 0.449. The average molecular weight is 701 g/mol. The number of halogens is 3. The summed E-state index contributed by atoms with van der Waals surface area (Å²) < 4.78 is 27.6. The molecule has 6 aromatic carbocycles. The number of hydrogen-bond acceptors (Lipinski definition) is 4. The lowest BCUT2D eigenvalue weighted by Gasteiger charge is -2.33. The van der Waals surface area contributed by atoms with Crippen molar-refractivity contribution < 1.29 is 8.78 Å². The molecule has 1 aliphatic carbocycles. The number of rotatable bonds is 8. The van der Waals surface area contributed by atoms with Crippen molar-refractivity contribution in [2.75, 3.05) is 4.90 Å². The van der Waals surface area contributed by atoms with Crippen LogP contribution in [0.15, 0.2) is 170 Å². The molecule has 0 amide bonds. The lowest BCUT2D eigenvalue weighted by Crippen LogP contribution is -2.30. The second-order valence-electron chi connectivity index (χ2n) is 12.5. The van der Waals surface area contributed by atoms with E-state index in [1.54, 1.807) is 24.3 Å². The van der Waals surface area contributed by atoms with Crippen molar-refractivity contribution in [1.82, 2.24) is 15.0 Å². The predicted octanol–water partition coefficient (Wildman–Crippen LogP) is 12.0. The fraction of sp³-hybridized carbons (Fsp3) is 0.0444. The molecule has 0 aliphatic heterocycles. The zero-order chi connectivity index (χ0) is 35.4. The van der Waals surface area contributed by atoms with Crippen molar-refractivity contribution in [3.8, 4) is 45.3 Å². The largest absolute Gasteiger partial charge is 0.334 e. The predicted molar refractivity (Wildman–Crippen MR) is 207 cm³/mol. The summed E-state index contributed by atoms with van der Waals surface area (Å²) in [7, 11) is 0. The van der Waals surface area contributed by atoms with Crippen LogP contribution in [0, 0.1) is 11.6 Å². The van der Waals surface area contributed by atoms with E-state index >= 15 is 0 Å². The molecule has 0 fully saturated rings. The highest BCUT2D eigenvalue weighted by Crippen LogP contribution is 2.38. The second-order valence-corrected chi connectivity index (χ2v) is 12.9. The summed E-state index contributed by atoms with van der Waals surface area (Å²) in [6.07, 6.45) is 7.49. The van der Waals surface area contributed by atoms with Gasteiger partial charge in [0, 0.05) is 28.1 Å².